The van der Waals surface area contributed by atoms with Gasteiger partial charge in [-0.15, -0.1) is 0 Å². The van der Waals surface area contributed by atoms with E-state index in [0.29, 0.717) is 0 Å². The molecule has 0 aromatic heterocycles. The highest BCUT2D eigenvalue weighted by Gasteiger charge is 2.17. The molecule has 0 aliphatic rings. The number of nitrogens with one attached hydrogen (secondary N) is 1. The lowest BCUT2D eigenvalue weighted by Gasteiger charge is -2.21. The first-order valence-corrected chi connectivity index (χ1v) is 7.17. The van der Waals surface area contributed by atoms with Gasteiger partial charge in [0.15, 0.2) is 0 Å². The average Bonchev–Trinajstić information content (AvgIpc) is 2.45. The Morgan fingerprint density at radius 3 is 2.53 bits per heavy atom. The molecule has 2 nitrogen and oxygen atoms in total. The molecule has 0 saturated carbocycles. The predicted octanol–water partition coefficient (Wildman–Crippen LogP) is 4.16. The maximum absolute atomic E-state index is 5.49. The van der Waals surface area contributed by atoms with Gasteiger partial charge in [0.2, 0.25) is 0 Å². The molecule has 0 radical (unpaired) electrons. The van der Waals surface area contributed by atoms with Crippen molar-refractivity contribution in [2.24, 2.45) is 0 Å². The van der Waals surface area contributed by atoms with Crippen molar-refractivity contribution < 1.29 is 4.74 Å². The SMILES string of the molecule is CCNC(c1ccccc1)c1cc(Br)ccc1OC. The van der Waals surface area contributed by atoms with E-state index in [1.807, 2.05) is 18.2 Å². The van der Waals surface area contributed by atoms with E-state index < -0.39 is 0 Å². The molecule has 0 spiro atoms. The minimum Gasteiger partial charge on any atom is -0.496 e. The second-order valence-electron chi connectivity index (χ2n) is 4.29. The van der Waals surface area contributed by atoms with Gasteiger partial charge in [0, 0.05) is 10.0 Å². The predicted molar refractivity (Wildman–Crippen MR) is 82.7 cm³/mol. The van der Waals surface area contributed by atoms with Crippen molar-refractivity contribution >= 4 is 15.9 Å². The highest BCUT2D eigenvalue weighted by Crippen LogP contribution is 2.32. The molecule has 0 fully saturated rings. The Morgan fingerprint density at radius 1 is 1.16 bits per heavy atom. The summed E-state index contributed by atoms with van der Waals surface area (Å²) in [6.07, 6.45) is 0. The van der Waals surface area contributed by atoms with Crippen molar-refractivity contribution in [2.75, 3.05) is 13.7 Å². The maximum atomic E-state index is 5.49. The Balaban J connectivity index is 2.47. The number of ether oxygens (including phenoxy) is 1. The fraction of sp³-hybridized carbons (Fsp3) is 0.250. The second kappa shape index (κ2) is 6.73. The van der Waals surface area contributed by atoms with E-state index >= 15 is 0 Å². The number of rotatable bonds is 5. The van der Waals surface area contributed by atoms with Crippen LogP contribution in [0.4, 0.5) is 0 Å². The smallest absolute Gasteiger partial charge is 0.124 e. The molecule has 0 aliphatic carbocycles. The van der Waals surface area contributed by atoms with Crippen LogP contribution in [0.5, 0.6) is 5.75 Å². The Kier molecular flexibility index (Phi) is 5.00. The van der Waals surface area contributed by atoms with Gasteiger partial charge >= 0.3 is 0 Å². The molecular weight excluding hydrogens is 302 g/mol. The van der Waals surface area contributed by atoms with E-state index in [1.165, 1.54) is 5.56 Å². The molecule has 3 heteroatoms. The van der Waals surface area contributed by atoms with Crippen molar-refractivity contribution in [3.8, 4) is 5.75 Å². The van der Waals surface area contributed by atoms with Crippen LogP contribution in [0.3, 0.4) is 0 Å². The molecule has 0 aliphatic heterocycles. The molecule has 0 saturated heterocycles. The van der Waals surface area contributed by atoms with Gasteiger partial charge in [-0.1, -0.05) is 53.2 Å². The highest BCUT2D eigenvalue weighted by atomic mass is 79.9. The normalized spacial score (nSPS) is 12.2. The van der Waals surface area contributed by atoms with E-state index in [9.17, 15) is 0 Å². The molecule has 0 amide bonds. The summed E-state index contributed by atoms with van der Waals surface area (Å²) in [5, 5.41) is 3.52. The number of halogens is 1. The maximum Gasteiger partial charge on any atom is 0.124 e. The molecule has 2 rings (SSSR count). The summed E-state index contributed by atoms with van der Waals surface area (Å²) in [6.45, 7) is 3.01. The van der Waals surface area contributed by atoms with Gasteiger partial charge in [0.05, 0.1) is 13.2 Å². The van der Waals surface area contributed by atoms with Crippen LogP contribution in [0.15, 0.2) is 53.0 Å². The van der Waals surface area contributed by atoms with E-state index in [4.69, 9.17) is 4.74 Å². The van der Waals surface area contributed by atoms with E-state index in [0.717, 1.165) is 22.3 Å². The zero-order chi connectivity index (χ0) is 13.7. The van der Waals surface area contributed by atoms with Crippen LogP contribution < -0.4 is 10.1 Å². The van der Waals surface area contributed by atoms with E-state index in [1.54, 1.807) is 7.11 Å². The molecule has 19 heavy (non-hydrogen) atoms. The van der Waals surface area contributed by atoms with Crippen LogP contribution in [0.25, 0.3) is 0 Å². The summed E-state index contributed by atoms with van der Waals surface area (Å²) < 4.78 is 6.55. The zero-order valence-corrected chi connectivity index (χ0v) is 12.8. The number of methoxy groups -OCH3 is 1. The summed E-state index contributed by atoms with van der Waals surface area (Å²) in [6, 6.07) is 16.7. The lowest BCUT2D eigenvalue weighted by molar-refractivity contribution is 0.404. The van der Waals surface area contributed by atoms with Crippen LogP contribution in [0.1, 0.15) is 24.1 Å². The Labute approximate surface area is 122 Å². The van der Waals surface area contributed by atoms with Crippen LogP contribution >= 0.6 is 15.9 Å². The molecule has 0 bridgehead atoms. The van der Waals surface area contributed by atoms with Crippen molar-refractivity contribution in [3.63, 3.8) is 0 Å². The summed E-state index contributed by atoms with van der Waals surface area (Å²) >= 11 is 3.53. The number of benzene rings is 2. The highest BCUT2D eigenvalue weighted by molar-refractivity contribution is 9.10. The zero-order valence-electron chi connectivity index (χ0n) is 11.2. The quantitative estimate of drug-likeness (QED) is 0.893. The second-order valence-corrected chi connectivity index (χ2v) is 5.20. The first kappa shape index (κ1) is 14.1. The molecule has 100 valence electrons. The first-order valence-electron chi connectivity index (χ1n) is 6.38. The van der Waals surface area contributed by atoms with Gasteiger partial charge in [0.1, 0.15) is 5.75 Å². The van der Waals surface area contributed by atoms with Gasteiger partial charge in [-0.25, -0.2) is 0 Å². The van der Waals surface area contributed by atoms with Crippen molar-refractivity contribution in [1.82, 2.24) is 5.32 Å². The molecule has 2 aromatic rings. The van der Waals surface area contributed by atoms with Crippen LogP contribution in [0, 0.1) is 0 Å². The lowest BCUT2D eigenvalue weighted by atomic mass is 9.98. The fourth-order valence-electron chi connectivity index (χ4n) is 2.19. The molecule has 2 aromatic carbocycles. The Bertz CT molecular complexity index is 528. The topological polar surface area (TPSA) is 21.3 Å². The fourth-order valence-corrected chi connectivity index (χ4v) is 2.57. The number of hydrogen-bond donors (Lipinski definition) is 1. The third-order valence-electron chi connectivity index (χ3n) is 3.04. The Morgan fingerprint density at radius 2 is 1.89 bits per heavy atom. The largest absolute Gasteiger partial charge is 0.496 e. The monoisotopic (exact) mass is 319 g/mol. The standard InChI is InChI=1S/C16H18BrNO/c1-3-18-16(12-7-5-4-6-8-12)14-11-13(17)9-10-15(14)19-2/h4-11,16,18H,3H2,1-2H3. The van der Waals surface area contributed by atoms with Crippen LogP contribution in [-0.4, -0.2) is 13.7 Å². The van der Waals surface area contributed by atoms with Gasteiger partial charge in [0.25, 0.3) is 0 Å². The molecule has 1 N–H and O–H groups in total. The third kappa shape index (κ3) is 3.37. The van der Waals surface area contributed by atoms with E-state index in [2.05, 4.69) is 58.5 Å². The number of hydrogen-bond acceptors (Lipinski definition) is 2. The van der Waals surface area contributed by atoms with Gasteiger partial charge in [-0.2, -0.15) is 0 Å². The molecule has 1 unspecified atom stereocenters. The lowest BCUT2D eigenvalue weighted by Crippen LogP contribution is -2.22. The minimum atomic E-state index is 0.138. The summed E-state index contributed by atoms with van der Waals surface area (Å²) in [5.74, 6) is 0.901. The van der Waals surface area contributed by atoms with Crippen LogP contribution in [0.2, 0.25) is 0 Å². The van der Waals surface area contributed by atoms with Crippen molar-refractivity contribution in [1.29, 1.82) is 0 Å². The first-order chi connectivity index (χ1) is 9.26. The molecule has 1 atom stereocenters. The van der Waals surface area contributed by atoms with Crippen molar-refractivity contribution in [2.45, 2.75) is 13.0 Å². The summed E-state index contributed by atoms with van der Waals surface area (Å²) in [5.41, 5.74) is 2.38. The van der Waals surface area contributed by atoms with Gasteiger partial charge < -0.3 is 10.1 Å². The third-order valence-corrected chi connectivity index (χ3v) is 3.54. The summed E-state index contributed by atoms with van der Waals surface area (Å²) in [7, 11) is 1.71. The molecular formula is C16H18BrNO. The Hall–Kier alpha value is -1.32. The summed E-state index contributed by atoms with van der Waals surface area (Å²) in [4.78, 5) is 0. The minimum absolute atomic E-state index is 0.138. The molecule has 0 heterocycles. The van der Waals surface area contributed by atoms with E-state index in [-0.39, 0.29) is 6.04 Å². The van der Waals surface area contributed by atoms with Gasteiger partial charge in [-0.05, 0) is 30.3 Å². The van der Waals surface area contributed by atoms with Gasteiger partial charge in [-0.3, -0.25) is 0 Å². The van der Waals surface area contributed by atoms with Crippen LogP contribution in [-0.2, 0) is 0 Å². The average molecular weight is 320 g/mol. The van der Waals surface area contributed by atoms with Crippen molar-refractivity contribution in [3.05, 3.63) is 64.1 Å².